The lowest BCUT2D eigenvalue weighted by atomic mass is 10.0. The highest BCUT2D eigenvalue weighted by Gasteiger charge is 2.27. The van der Waals surface area contributed by atoms with Crippen LogP contribution in [0, 0.1) is 0 Å². The van der Waals surface area contributed by atoms with Crippen molar-refractivity contribution in [1.82, 2.24) is 10.6 Å². The monoisotopic (exact) mass is 774 g/mol. The normalized spacial score (nSPS) is 14.3. The molecule has 0 aromatic carbocycles. The molecule has 0 spiro atoms. The van der Waals surface area contributed by atoms with Gasteiger partial charge in [0.25, 0.3) is 0 Å². The van der Waals surface area contributed by atoms with Crippen molar-refractivity contribution in [2.24, 2.45) is 0 Å². The highest BCUT2D eigenvalue weighted by atomic mass is 32.3. The van der Waals surface area contributed by atoms with E-state index in [1.54, 1.807) is 0 Å². The number of carbonyl (C=O) groups is 1. The molecule has 0 aromatic rings. The molecule has 1 rings (SSSR count). The molecule has 10 heteroatoms. The van der Waals surface area contributed by atoms with Crippen LogP contribution in [0.3, 0.4) is 0 Å². The van der Waals surface area contributed by atoms with Crippen molar-refractivity contribution in [3.05, 3.63) is 0 Å². The zero-order valence-corrected chi connectivity index (χ0v) is 36.2. The molecule has 0 saturated heterocycles. The Bertz CT molecular complexity index is 946. The van der Waals surface area contributed by atoms with Crippen LogP contribution in [-0.4, -0.2) is 62.1 Å². The molecular weight excluding hydrogens is 687 g/mol. The maximum atomic E-state index is 12.4. The van der Waals surface area contributed by atoms with E-state index in [2.05, 4.69) is 45.2 Å². The van der Waals surface area contributed by atoms with Crippen molar-refractivity contribution in [3.63, 3.8) is 0 Å². The van der Waals surface area contributed by atoms with E-state index in [1.165, 1.54) is 198 Å². The second kappa shape index (κ2) is 39.0. The minimum atomic E-state index is -4.65. The molecule has 0 saturated carbocycles. The zero-order valence-electron chi connectivity index (χ0n) is 35.3. The van der Waals surface area contributed by atoms with Crippen molar-refractivity contribution in [2.45, 2.75) is 239 Å². The Balaban J connectivity index is 0.00000348. The molecule has 1 heterocycles. The molecule has 0 fully saturated rings. The SMILES string of the molecule is CCCCCCCCCCCCCCCCCCC1=[N+](CCNC(=O)CCCCCCCCCCCCCCCCC)C(C)CN1.COOS(=O)(=O)[O-]. The first-order valence-corrected chi connectivity index (χ1v) is 23.9. The molecule has 1 aliphatic rings. The molecule has 53 heavy (non-hydrogen) atoms. The van der Waals surface area contributed by atoms with Gasteiger partial charge in [-0.15, -0.1) is 4.33 Å². The molecule has 0 aliphatic carbocycles. The van der Waals surface area contributed by atoms with Crippen LogP contribution in [-0.2, 0) is 24.4 Å². The van der Waals surface area contributed by atoms with Gasteiger partial charge < -0.3 is 9.87 Å². The predicted molar refractivity (Wildman–Crippen MR) is 222 cm³/mol. The smallest absolute Gasteiger partial charge is 0.245 e. The highest BCUT2D eigenvalue weighted by Crippen LogP contribution is 2.16. The second-order valence-electron chi connectivity index (χ2n) is 15.6. The van der Waals surface area contributed by atoms with E-state index in [0.717, 1.165) is 39.6 Å². The van der Waals surface area contributed by atoms with Crippen molar-refractivity contribution >= 4 is 22.1 Å². The molecule has 0 radical (unpaired) electrons. The Kier molecular flexibility index (Phi) is 38.1. The van der Waals surface area contributed by atoms with Crippen molar-refractivity contribution < 1.29 is 31.6 Å². The van der Waals surface area contributed by atoms with E-state index in [-0.39, 0.29) is 5.91 Å². The molecule has 1 aliphatic heterocycles. The van der Waals surface area contributed by atoms with Crippen molar-refractivity contribution in [2.75, 3.05) is 26.7 Å². The standard InChI is InChI=1S/C42H83N3O.CH4O5S/c1-4-6-8-10-12-14-16-18-20-22-23-25-27-29-31-33-35-41-44-39-40(3)45(41)38-37-43-42(46)36-34-32-30-28-26-24-21-19-17-15-13-11-9-7-5-2;1-5-6-7(2,3)4/h40H,4-39H2,1-3H3,(H,43,46);1H3,(H,2,3,4). The maximum Gasteiger partial charge on any atom is 0.245 e. The van der Waals surface area contributed by atoms with Gasteiger partial charge >= 0.3 is 0 Å². The quantitative estimate of drug-likeness (QED) is 0.0160. The van der Waals surface area contributed by atoms with E-state index in [0.29, 0.717) is 12.5 Å². The van der Waals surface area contributed by atoms with Gasteiger partial charge in [-0.1, -0.05) is 200 Å². The van der Waals surface area contributed by atoms with Crippen LogP contribution in [0.2, 0.25) is 0 Å². The summed E-state index contributed by atoms with van der Waals surface area (Å²) in [5.41, 5.74) is 0. The molecule has 2 N–H and O–H groups in total. The fraction of sp³-hybridized carbons (Fsp3) is 0.953. The van der Waals surface area contributed by atoms with Gasteiger partial charge in [-0.2, -0.15) is 0 Å². The van der Waals surface area contributed by atoms with E-state index in [4.69, 9.17) is 0 Å². The van der Waals surface area contributed by atoms with Gasteiger partial charge in [-0.25, -0.2) is 13.3 Å². The number of hydrogen-bond donors (Lipinski definition) is 2. The average Bonchev–Trinajstić information content (AvgIpc) is 3.47. The summed E-state index contributed by atoms with van der Waals surface area (Å²) in [5, 5.41) is 6.86. The number of hydrogen-bond acceptors (Lipinski definition) is 7. The summed E-state index contributed by atoms with van der Waals surface area (Å²) in [6.45, 7) is 9.65. The lowest BCUT2D eigenvalue weighted by Crippen LogP contribution is -2.34. The first kappa shape index (κ1) is 51.8. The van der Waals surface area contributed by atoms with Gasteiger partial charge in [0.2, 0.25) is 22.1 Å². The summed E-state index contributed by atoms with van der Waals surface area (Å²) in [6.07, 6.45) is 45.1. The largest absolute Gasteiger partial charge is 0.724 e. The number of unbranched alkanes of at least 4 members (excludes halogenated alkanes) is 29. The topological polar surface area (TPSA) is 120 Å². The van der Waals surface area contributed by atoms with Crippen LogP contribution in [0.25, 0.3) is 0 Å². The zero-order chi connectivity index (χ0) is 39.1. The van der Waals surface area contributed by atoms with Crippen LogP contribution >= 0.6 is 0 Å². The Labute approximate surface area is 328 Å². The third-order valence-electron chi connectivity index (χ3n) is 10.6. The summed E-state index contributed by atoms with van der Waals surface area (Å²) < 4.78 is 33.6. The number of amidine groups is 1. The minimum Gasteiger partial charge on any atom is -0.724 e. The second-order valence-corrected chi connectivity index (χ2v) is 16.6. The van der Waals surface area contributed by atoms with E-state index >= 15 is 0 Å². The van der Waals surface area contributed by atoms with Gasteiger partial charge in [0.15, 0.2) is 0 Å². The highest BCUT2D eigenvalue weighted by molar-refractivity contribution is 7.80. The third-order valence-corrected chi connectivity index (χ3v) is 10.9. The Hall–Kier alpha value is -1.23. The van der Waals surface area contributed by atoms with Gasteiger partial charge in [-0.3, -0.25) is 14.7 Å². The fourth-order valence-corrected chi connectivity index (χ4v) is 7.48. The molecule has 0 aromatic heterocycles. The van der Waals surface area contributed by atoms with Crippen LogP contribution in [0.15, 0.2) is 0 Å². The summed E-state index contributed by atoms with van der Waals surface area (Å²) in [7, 11) is -3.72. The van der Waals surface area contributed by atoms with Crippen LogP contribution in [0.1, 0.15) is 233 Å². The molecule has 1 unspecified atom stereocenters. The van der Waals surface area contributed by atoms with E-state index < -0.39 is 10.4 Å². The molecule has 9 nitrogen and oxygen atoms in total. The third kappa shape index (κ3) is 37.5. The van der Waals surface area contributed by atoms with Gasteiger partial charge in [0.1, 0.15) is 19.1 Å². The number of nitrogens with one attached hydrogen (secondary N) is 2. The summed E-state index contributed by atoms with van der Waals surface area (Å²) in [6, 6.07) is 0.531. The van der Waals surface area contributed by atoms with Crippen LogP contribution < -0.4 is 10.6 Å². The lowest BCUT2D eigenvalue weighted by molar-refractivity contribution is -0.550. The number of carbonyl (C=O) groups excluding carboxylic acids is 1. The molecule has 0 bridgehead atoms. The van der Waals surface area contributed by atoms with E-state index in [1.807, 2.05) is 0 Å². The molecular formula is C43H87N3O6S. The number of rotatable bonds is 38. The van der Waals surface area contributed by atoms with Gasteiger partial charge in [0.05, 0.1) is 13.7 Å². The lowest BCUT2D eigenvalue weighted by Gasteiger charge is -2.10. The first-order chi connectivity index (χ1) is 25.7. The molecule has 316 valence electrons. The van der Waals surface area contributed by atoms with Crippen LogP contribution in [0.4, 0.5) is 0 Å². The maximum absolute atomic E-state index is 12.4. The Morgan fingerprint density at radius 3 is 1.36 bits per heavy atom. The Morgan fingerprint density at radius 2 is 1.02 bits per heavy atom. The average molecular weight is 774 g/mol. The van der Waals surface area contributed by atoms with Crippen molar-refractivity contribution in [3.8, 4) is 0 Å². The van der Waals surface area contributed by atoms with Gasteiger partial charge in [-0.05, 0) is 19.8 Å². The van der Waals surface area contributed by atoms with Crippen molar-refractivity contribution in [1.29, 1.82) is 0 Å². The summed E-state index contributed by atoms with van der Waals surface area (Å²) in [4.78, 5) is 15.9. The summed E-state index contributed by atoms with van der Waals surface area (Å²) in [5.74, 6) is 1.66. The number of nitrogens with zero attached hydrogens (tertiary/aromatic N) is 1. The minimum absolute atomic E-state index is 0.244. The Morgan fingerprint density at radius 1 is 0.660 bits per heavy atom. The van der Waals surface area contributed by atoms with Gasteiger partial charge in [0, 0.05) is 12.8 Å². The van der Waals surface area contributed by atoms with E-state index in [9.17, 15) is 17.8 Å². The molecule has 1 atom stereocenters. The summed E-state index contributed by atoms with van der Waals surface area (Å²) >= 11 is 0. The predicted octanol–water partition coefficient (Wildman–Crippen LogP) is 11.4. The fourth-order valence-electron chi connectivity index (χ4n) is 7.32. The number of amides is 1. The van der Waals surface area contributed by atoms with Crippen LogP contribution in [0.5, 0.6) is 0 Å². The molecule has 1 amide bonds. The first-order valence-electron chi connectivity index (χ1n) is 22.6.